The van der Waals surface area contributed by atoms with E-state index in [0.29, 0.717) is 16.6 Å². The van der Waals surface area contributed by atoms with Crippen LogP contribution in [0.3, 0.4) is 0 Å². The van der Waals surface area contributed by atoms with Gasteiger partial charge in [0.05, 0.1) is 12.4 Å². The van der Waals surface area contributed by atoms with Crippen LogP contribution in [-0.2, 0) is 18.6 Å². The molecule has 5 heteroatoms. The Morgan fingerprint density at radius 3 is 2.05 bits per heavy atom. The van der Waals surface area contributed by atoms with Crippen LogP contribution in [0.25, 0.3) is 0 Å². The molecule has 3 atom stereocenters. The maximum atomic E-state index is 6.83. The van der Waals surface area contributed by atoms with Crippen LogP contribution in [0.4, 0.5) is 0 Å². The van der Waals surface area contributed by atoms with Crippen molar-refractivity contribution in [2.24, 2.45) is 0 Å². The maximum Gasteiger partial charge on any atom is 0.201 e. The molecule has 0 N–H and O–H groups in total. The quantitative estimate of drug-likeness (QED) is 0.486. The van der Waals surface area contributed by atoms with E-state index in [1.54, 1.807) is 13.4 Å². The lowest BCUT2D eigenvalue weighted by Crippen LogP contribution is -2.54. The Kier molecular flexibility index (Phi) is 7.59. The van der Waals surface area contributed by atoms with Gasteiger partial charge < -0.3 is 18.6 Å². The second-order valence-corrected chi connectivity index (χ2v) is 12.5. The molecule has 0 aromatic carbocycles. The third-order valence-corrected chi connectivity index (χ3v) is 10.9. The number of rotatable bonds is 8. The zero-order chi connectivity index (χ0) is 16.9. The second kappa shape index (κ2) is 8.48. The molecular formula is C17H34O4Si. The van der Waals surface area contributed by atoms with Crippen LogP contribution in [0, 0.1) is 0 Å². The van der Waals surface area contributed by atoms with E-state index in [4.69, 9.17) is 18.6 Å². The summed E-state index contributed by atoms with van der Waals surface area (Å²) in [6.07, 6.45) is 3.51. The highest BCUT2D eigenvalue weighted by Crippen LogP contribution is 2.44. The Morgan fingerprint density at radius 1 is 1.05 bits per heavy atom. The van der Waals surface area contributed by atoms with Crippen molar-refractivity contribution in [2.45, 2.75) is 83.4 Å². The van der Waals surface area contributed by atoms with Gasteiger partial charge in [-0.2, -0.15) is 0 Å². The van der Waals surface area contributed by atoms with Gasteiger partial charge in [0.1, 0.15) is 19.0 Å². The fraction of sp³-hybridized carbons (Fsp3) is 0.882. The standard InChI is InChI=1S/C17H34O4Si/c1-12(2)22(13(3)4,14(5)6)21-16-9-10-19-15(7)17(16)20-11-18-8/h9-10,12-17H,11H2,1-8H3/t15-,16?,17-/m1/s1. The van der Waals surface area contributed by atoms with E-state index in [1.807, 2.05) is 13.0 Å². The summed E-state index contributed by atoms with van der Waals surface area (Å²) in [6, 6.07) is 0. The molecule has 130 valence electrons. The lowest BCUT2D eigenvalue weighted by atomic mass is 10.1. The predicted octanol–water partition coefficient (Wildman–Crippen LogP) is 4.47. The Morgan fingerprint density at radius 2 is 1.59 bits per heavy atom. The van der Waals surface area contributed by atoms with Gasteiger partial charge in [0.2, 0.25) is 8.32 Å². The summed E-state index contributed by atoms with van der Waals surface area (Å²) >= 11 is 0. The second-order valence-electron chi connectivity index (χ2n) is 7.11. The average Bonchev–Trinajstić information content (AvgIpc) is 2.42. The van der Waals surface area contributed by atoms with Crippen molar-refractivity contribution in [1.29, 1.82) is 0 Å². The van der Waals surface area contributed by atoms with Crippen molar-refractivity contribution in [2.75, 3.05) is 13.9 Å². The number of methoxy groups -OCH3 is 1. The van der Waals surface area contributed by atoms with Crippen LogP contribution in [0.15, 0.2) is 12.3 Å². The normalized spacial score (nSPS) is 26.0. The largest absolute Gasteiger partial charge is 0.496 e. The van der Waals surface area contributed by atoms with Gasteiger partial charge in [-0.25, -0.2) is 0 Å². The molecule has 22 heavy (non-hydrogen) atoms. The average molecular weight is 331 g/mol. The molecule has 0 aromatic heterocycles. The molecule has 0 saturated carbocycles. The van der Waals surface area contributed by atoms with Crippen molar-refractivity contribution in [3.8, 4) is 0 Å². The molecule has 1 aliphatic rings. The van der Waals surface area contributed by atoms with Crippen LogP contribution in [0.1, 0.15) is 48.5 Å². The van der Waals surface area contributed by atoms with Gasteiger partial charge in [-0.05, 0) is 29.6 Å². The van der Waals surface area contributed by atoms with E-state index < -0.39 is 8.32 Å². The molecule has 0 aliphatic carbocycles. The predicted molar refractivity (Wildman–Crippen MR) is 92.4 cm³/mol. The van der Waals surface area contributed by atoms with Gasteiger partial charge in [-0.1, -0.05) is 41.5 Å². The molecule has 1 unspecified atom stereocenters. The number of hydrogen-bond acceptors (Lipinski definition) is 4. The Labute approximate surface area is 137 Å². The monoisotopic (exact) mass is 330 g/mol. The van der Waals surface area contributed by atoms with E-state index in [0.717, 1.165) is 0 Å². The van der Waals surface area contributed by atoms with Gasteiger partial charge in [0.15, 0.2) is 0 Å². The first kappa shape index (κ1) is 19.7. The molecular weight excluding hydrogens is 296 g/mol. The molecule has 0 amide bonds. The summed E-state index contributed by atoms with van der Waals surface area (Å²) in [5.41, 5.74) is 1.63. The Balaban J connectivity index is 3.03. The van der Waals surface area contributed by atoms with Gasteiger partial charge in [0, 0.05) is 7.11 Å². The Hall–Kier alpha value is -0.363. The topological polar surface area (TPSA) is 36.9 Å². The van der Waals surface area contributed by atoms with Crippen LogP contribution < -0.4 is 0 Å². The third kappa shape index (κ3) is 4.13. The first-order chi connectivity index (χ1) is 10.3. The molecule has 0 fully saturated rings. The summed E-state index contributed by atoms with van der Waals surface area (Å²) in [6.45, 7) is 16.0. The minimum absolute atomic E-state index is 0.0386. The summed E-state index contributed by atoms with van der Waals surface area (Å²) in [5.74, 6) is 0. The highest BCUT2D eigenvalue weighted by atomic mass is 28.4. The van der Waals surface area contributed by atoms with Crippen LogP contribution in [0.5, 0.6) is 0 Å². The molecule has 1 rings (SSSR count). The fourth-order valence-corrected chi connectivity index (χ4v) is 9.33. The minimum Gasteiger partial charge on any atom is -0.496 e. The smallest absolute Gasteiger partial charge is 0.201 e. The van der Waals surface area contributed by atoms with E-state index in [-0.39, 0.29) is 25.1 Å². The fourth-order valence-electron chi connectivity index (χ4n) is 3.83. The summed E-state index contributed by atoms with van der Waals surface area (Å²) in [5, 5.41) is 0. The molecule has 0 bridgehead atoms. The zero-order valence-electron chi connectivity index (χ0n) is 15.5. The number of hydrogen-bond donors (Lipinski definition) is 0. The van der Waals surface area contributed by atoms with Crippen molar-refractivity contribution < 1.29 is 18.6 Å². The van der Waals surface area contributed by atoms with Gasteiger partial charge in [0.25, 0.3) is 0 Å². The first-order valence-electron chi connectivity index (χ1n) is 8.37. The number of ether oxygens (including phenoxy) is 3. The highest BCUT2D eigenvalue weighted by Gasteiger charge is 2.48. The van der Waals surface area contributed by atoms with Crippen LogP contribution in [0.2, 0.25) is 16.6 Å². The van der Waals surface area contributed by atoms with Crippen molar-refractivity contribution in [3.05, 3.63) is 12.3 Å². The molecule has 1 heterocycles. The van der Waals surface area contributed by atoms with E-state index in [2.05, 4.69) is 41.5 Å². The third-order valence-electron chi connectivity index (χ3n) is 4.77. The molecule has 1 aliphatic heterocycles. The van der Waals surface area contributed by atoms with E-state index in [1.165, 1.54) is 0 Å². The maximum absolute atomic E-state index is 6.83. The van der Waals surface area contributed by atoms with E-state index in [9.17, 15) is 0 Å². The molecule has 4 nitrogen and oxygen atoms in total. The lowest BCUT2D eigenvalue weighted by Gasteiger charge is -2.46. The zero-order valence-corrected chi connectivity index (χ0v) is 16.5. The van der Waals surface area contributed by atoms with Crippen molar-refractivity contribution >= 4 is 8.32 Å². The summed E-state index contributed by atoms with van der Waals surface area (Å²) < 4.78 is 23.3. The summed E-state index contributed by atoms with van der Waals surface area (Å²) in [7, 11) is -0.319. The van der Waals surface area contributed by atoms with Gasteiger partial charge in [-0.3, -0.25) is 0 Å². The molecule has 0 saturated heterocycles. The first-order valence-corrected chi connectivity index (χ1v) is 10.5. The van der Waals surface area contributed by atoms with Gasteiger partial charge in [-0.15, -0.1) is 0 Å². The van der Waals surface area contributed by atoms with Gasteiger partial charge >= 0.3 is 0 Å². The SMILES string of the molecule is COCO[C@H]1C(O[Si](C(C)C)(C(C)C)C(C)C)C=CO[C@@H]1C. The lowest BCUT2D eigenvalue weighted by molar-refractivity contribution is -0.144. The van der Waals surface area contributed by atoms with Crippen molar-refractivity contribution in [1.82, 2.24) is 0 Å². The minimum atomic E-state index is -1.95. The van der Waals surface area contributed by atoms with Crippen LogP contribution in [-0.4, -0.2) is 40.5 Å². The Bertz CT molecular complexity index is 333. The molecule has 0 radical (unpaired) electrons. The molecule has 0 spiro atoms. The van der Waals surface area contributed by atoms with Crippen LogP contribution >= 0.6 is 0 Å². The van der Waals surface area contributed by atoms with Crippen molar-refractivity contribution in [3.63, 3.8) is 0 Å². The summed E-state index contributed by atoms with van der Waals surface area (Å²) in [4.78, 5) is 0. The molecule has 0 aromatic rings. The highest BCUT2D eigenvalue weighted by molar-refractivity contribution is 6.77. The van der Waals surface area contributed by atoms with E-state index >= 15 is 0 Å².